The summed E-state index contributed by atoms with van der Waals surface area (Å²) in [5.74, 6) is 0. The van der Waals surface area contributed by atoms with Crippen LogP contribution in [0.4, 0.5) is 5.69 Å². The van der Waals surface area contributed by atoms with Crippen LogP contribution in [0.1, 0.15) is 16.3 Å². The fourth-order valence-electron chi connectivity index (χ4n) is 1.41. The van der Waals surface area contributed by atoms with E-state index >= 15 is 0 Å². The van der Waals surface area contributed by atoms with E-state index < -0.39 is 10.0 Å². The summed E-state index contributed by atoms with van der Waals surface area (Å²) < 4.78 is 26.7. The molecule has 0 radical (unpaired) electrons. The fourth-order valence-corrected chi connectivity index (χ4v) is 3.70. The predicted octanol–water partition coefficient (Wildman–Crippen LogP) is 1.76. The van der Waals surface area contributed by atoms with Gasteiger partial charge in [0.2, 0.25) is 0 Å². The second kappa shape index (κ2) is 4.44. The van der Waals surface area contributed by atoms with Gasteiger partial charge in [-0.15, -0.1) is 11.3 Å². The van der Waals surface area contributed by atoms with E-state index in [9.17, 15) is 8.42 Å². The van der Waals surface area contributed by atoms with Crippen LogP contribution in [0.5, 0.6) is 0 Å². The van der Waals surface area contributed by atoms with E-state index in [1.807, 2.05) is 6.07 Å². The summed E-state index contributed by atoms with van der Waals surface area (Å²) >= 11 is 0.931. The highest BCUT2D eigenvalue weighted by Gasteiger charge is 2.20. The predicted molar refractivity (Wildman–Crippen MR) is 67.9 cm³/mol. The van der Waals surface area contributed by atoms with Crippen molar-refractivity contribution in [2.24, 2.45) is 0 Å². The highest BCUT2D eigenvalue weighted by atomic mass is 32.2. The van der Waals surface area contributed by atoms with E-state index in [0.29, 0.717) is 22.0 Å². The Kier molecular flexibility index (Phi) is 3.11. The molecule has 2 aromatic rings. The van der Waals surface area contributed by atoms with Crippen LogP contribution in [0.3, 0.4) is 0 Å². The molecule has 0 aliphatic rings. The van der Waals surface area contributed by atoms with Crippen molar-refractivity contribution in [2.75, 3.05) is 4.72 Å². The Hall–Kier alpha value is -1.85. The van der Waals surface area contributed by atoms with Crippen molar-refractivity contribution in [2.45, 2.75) is 18.1 Å². The van der Waals surface area contributed by atoms with Crippen LogP contribution in [0.25, 0.3) is 0 Å². The number of aryl methyl sites for hydroxylation is 2. The zero-order valence-corrected chi connectivity index (χ0v) is 11.3. The first-order valence-electron chi connectivity index (χ1n) is 4.98. The number of sulfonamides is 1. The van der Waals surface area contributed by atoms with Crippen molar-refractivity contribution in [1.29, 1.82) is 5.26 Å². The lowest BCUT2D eigenvalue weighted by Gasteiger charge is -2.05. The molecule has 0 aromatic carbocycles. The molecule has 18 heavy (non-hydrogen) atoms. The summed E-state index contributed by atoms with van der Waals surface area (Å²) in [6.45, 7) is 3.43. The van der Waals surface area contributed by atoms with Crippen LogP contribution < -0.4 is 4.72 Å². The molecule has 0 amide bonds. The van der Waals surface area contributed by atoms with Gasteiger partial charge in [-0.25, -0.2) is 8.42 Å². The summed E-state index contributed by atoms with van der Waals surface area (Å²) in [5, 5.41) is 15.3. The molecule has 0 aliphatic carbocycles. The van der Waals surface area contributed by atoms with Gasteiger partial charge in [-0.05, 0) is 26.0 Å². The van der Waals surface area contributed by atoms with Crippen LogP contribution in [0.2, 0.25) is 0 Å². The van der Waals surface area contributed by atoms with Gasteiger partial charge >= 0.3 is 0 Å². The van der Waals surface area contributed by atoms with Crippen LogP contribution in [0, 0.1) is 25.2 Å². The van der Waals surface area contributed by atoms with Crippen LogP contribution in [-0.2, 0) is 10.0 Å². The van der Waals surface area contributed by atoms with Crippen molar-refractivity contribution < 1.29 is 8.42 Å². The zero-order chi connectivity index (χ0) is 13.3. The smallest absolute Gasteiger partial charge is 0.271 e. The lowest BCUT2D eigenvalue weighted by Crippen LogP contribution is -2.12. The maximum atomic E-state index is 12.1. The van der Waals surface area contributed by atoms with E-state index in [-0.39, 0.29) is 4.21 Å². The number of hydrogen-bond acceptors (Lipinski definition) is 5. The normalized spacial score (nSPS) is 11.2. The Balaban J connectivity index is 2.36. The van der Waals surface area contributed by atoms with Crippen LogP contribution in [-0.4, -0.2) is 18.6 Å². The third kappa shape index (κ3) is 2.23. The Morgan fingerprint density at radius 1 is 1.44 bits per heavy atom. The Bertz CT molecular complexity index is 702. The number of H-pyrrole nitrogens is 1. The Morgan fingerprint density at radius 2 is 2.17 bits per heavy atom. The molecule has 2 aromatic heterocycles. The number of hydrogen-bond donors (Lipinski definition) is 2. The molecule has 6 nitrogen and oxygen atoms in total. The van der Waals surface area contributed by atoms with Crippen LogP contribution >= 0.6 is 11.3 Å². The summed E-state index contributed by atoms with van der Waals surface area (Å²) in [5.41, 5.74) is 1.67. The second-order valence-electron chi connectivity index (χ2n) is 3.65. The van der Waals surface area contributed by atoms with E-state index in [0.717, 1.165) is 11.3 Å². The maximum Gasteiger partial charge on any atom is 0.271 e. The quantitative estimate of drug-likeness (QED) is 0.896. The zero-order valence-electron chi connectivity index (χ0n) is 9.68. The first kappa shape index (κ1) is 12.6. The molecule has 0 saturated heterocycles. The number of nitriles is 1. The molecule has 8 heteroatoms. The molecule has 0 spiro atoms. The Labute approximate surface area is 108 Å². The largest absolute Gasteiger partial charge is 0.280 e. The average Bonchev–Trinajstić information content (AvgIpc) is 2.91. The molecule has 0 bridgehead atoms. The minimum Gasteiger partial charge on any atom is -0.280 e. The number of anilines is 1. The number of thiophene rings is 1. The van der Waals surface area contributed by atoms with Gasteiger partial charge in [0.1, 0.15) is 15.2 Å². The van der Waals surface area contributed by atoms with Crippen LogP contribution in [0.15, 0.2) is 16.3 Å². The summed E-state index contributed by atoms with van der Waals surface area (Å²) in [7, 11) is -3.66. The van der Waals surface area contributed by atoms with Gasteiger partial charge in [0.05, 0.1) is 17.1 Å². The molecule has 0 fully saturated rings. The van der Waals surface area contributed by atoms with Gasteiger partial charge in [0.15, 0.2) is 0 Å². The van der Waals surface area contributed by atoms with Crippen molar-refractivity contribution >= 4 is 27.0 Å². The van der Waals surface area contributed by atoms with Gasteiger partial charge in [-0.2, -0.15) is 10.4 Å². The third-order valence-electron chi connectivity index (χ3n) is 2.32. The standard InChI is InChI=1S/C10H10N4O2S2/c1-6-10(7(2)13-12-6)14-18(15,16)9-4-3-8(5-11)17-9/h3-4,14H,1-2H3,(H,12,13). The summed E-state index contributed by atoms with van der Waals surface area (Å²) in [6.07, 6.45) is 0. The Morgan fingerprint density at radius 3 is 2.67 bits per heavy atom. The molecule has 0 unspecified atom stereocenters. The fraction of sp³-hybridized carbons (Fsp3) is 0.200. The second-order valence-corrected chi connectivity index (χ2v) is 6.64. The molecule has 0 saturated carbocycles. The van der Waals surface area contributed by atoms with E-state index in [1.54, 1.807) is 13.8 Å². The van der Waals surface area contributed by atoms with Gasteiger partial charge in [-0.3, -0.25) is 9.82 Å². The molecular weight excluding hydrogens is 272 g/mol. The van der Waals surface area contributed by atoms with E-state index in [1.165, 1.54) is 12.1 Å². The molecule has 0 aliphatic heterocycles. The highest BCUT2D eigenvalue weighted by Crippen LogP contribution is 2.25. The molecule has 2 N–H and O–H groups in total. The van der Waals surface area contributed by atoms with Crippen molar-refractivity contribution in [3.8, 4) is 6.07 Å². The van der Waals surface area contributed by atoms with E-state index in [2.05, 4.69) is 14.9 Å². The lowest BCUT2D eigenvalue weighted by atomic mass is 10.3. The van der Waals surface area contributed by atoms with Crippen molar-refractivity contribution in [3.05, 3.63) is 28.4 Å². The average molecular weight is 282 g/mol. The number of aromatic nitrogens is 2. The first-order valence-corrected chi connectivity index (χ1v) is 7.28. The van der Waals surface area contributed by atoms with Gasteiger partial charge < -0.3 is 0 Å². The minimum absolute atomic E-state index is 0.110. The monoisotopic (exact) mass is 282 g/mol. The van der Waals surface area contributed by atoms with Crippen molar-refractivity contribution in [1.82, 2.24) is 10.2 Å². The van der Waals surface area contributed by atoms with Gasteiger partial charge in [0.25, 0.3) is 10.0 Å². The topological polar surface area (TPSA) is 98.6 Å². The maximum absolute atomic E-state index is 12.1. The van der Waals surface area contributed by atoms with Crippen molar-refractivity contribution in [3.63, 3.8) is 0 Å². The number of aromatic amines is 1. The molecule has 2 heterocycles. The highest BCUT2D eigenvalue weighted by molar-refractivity contribution is 7.94. The minimum atomic E-state index is -3.66. The third-order valence-corrected chi connectivity index (χ3v) is 5.15. The number of rotatable bonds is 3. The van der Waals surface area contributed by atoms with E-state index in [4.69, 9.17) is 5.26 Å². The van der Waals surface area contributed by atoms with Gasteiger partial charge in [-0.1, -0.05) is 0 Å². The molecule has 94 valence electrons. The summed E-state index contributed by atoms with van der Waals surface area (Å²) in [4.78, 5) is 0.357. The lowest BCUT2D eigenvalue weighted by molar-refractivity contribution is 0.603. The molecular formula is C10H10N4O2S2. The number of nitrogens with one attached hydrogen (secondary N) is 2. The first-order chi connectivity index (χ1) is 8.44. The SMILES string of the molecule is Cc1n[nH]c(C)c1NS(=O)(=O)c1ccc(C#N)s1. The summed E-state index contributed by atoms with van der Waals surface area (Å²) in [6, 6.07) is 4.80. The molecule has 0 atom stereocenters. The van der Waals surface area contributed by atoms with Gasteiger partial charge in [0, 0.05) is 0 Å². The number of nitrogens with zero attached hydrogens (tertiary/aromatic N) is 2. The molecule has 2 rings (SSSR count).